The second kappa shape index (κ2) is 8.76. The summed E-state index contributed by atoms with van der Waals surface area (Å²) in [6, 6.07) is 22.6. The number of carbonyl (C=O) groups is 1. The van der Waals surface area contributed by atoms with Crippen LogP contribution in [0, 0.1) is 0 Å². The summed E-state index contributed by atoms with van der Waals surface area (Å²) in [4.78, 5) is 12.3. The number of rotatable bonds is 6. The molecule has 0 aliphatic rings. The number of phenolic OH excluding ortho intramolecular Hbond substituents is 1. The van der Waals surface area contributed by atoms with Gasteiger partial charge in [-0.3, -0.25) is 0 Å². The molecule has 5 heteroatoms. The van der Waals surface area contributed by atoms with Crippen LogP contribution in [-0.2, 0) is 13.0 Å². The average molecular weight is 362 g/mol. The number of carbonyl (C=O) groups excluding carboxylic acids is 1. The van der Waals surface area contributed by atoms with Crippen molar-refractivity contribution in [2.45, 2.75) is 13.0 Å². The van der Waals surface area contributed by atoms with Gasteiger partial charge in [0.2, 0.25) is 0 Å². The van der Waals surface area contributed by atoms with E-state index in [0.29, 0.717) is 11.3 Å². The second-order valence-corrected chi connectivity index (χ2v) is 6.10. The minimum Gasteiger partial charge on any atom is -0.504 e. The summed E-state index contributed by atoms with van der Waals surface area (Å²) < 4.78 is 5.08. The molecule has 0 saturated heterocycles. The van der Waals surface area contributed by atoms with E-state index in [1.807, 2.05) is 42.5 Å². The number of urea groups is 1. The molecular formula is C22H22N2O3. The SMILES string of the molecule is COc1cccc(CNC(=O)Nc2ccccc2Cc2ccccc2)c1O. The molecule has 138 valence electrons. The molecule has 0 bridgehead atoms. The lowest BCUT2D eigenvalue weighted by molar-refractivity contribution is 0.251. The minimum atomic E-state index is -0.335. The number of para-hydroxylation sites is 2. The Hall–Kier alpha value is -3.47. The Kier molecular flexibility index (Phi) is 5.94. The number of aromatic hydroxyl groups is 1. The number of hydrogen-bond acceptors (Lipinski definition) is 3. The molecule has 0 fully saturated rings. The third-order valence-corrected chi connectivity index (χ3v) is 4.24. The van der Waals surface area contributed by atoms with Gasteiger partial charge in [-0.1, -0.05) is 60.7 Å². The zero-order valence-corrected chi connectivity index (χ0v) is 15.1. The van der Waals surface area contributed by atoms with Crippen LogP contribution in [0.15, 0.2) is 72.8 Å². The molecule has 0 aliphatic heterocycles. The lowest BCUT2D eigenvalue weighted by atomic mass is 10.0. The number of methoxy groups -OCH3 is 1. The predicted octanol–water partition coefficient (Wildman–Crippen LogP) is 4.31. The molecule has 3 aromatic rings. The van der Waals surface area contributed by atoms with Crippen molar-refractivity contribution >= 4 is 11.7 Å². The van der Waals surface area contributed by atoms with Crippen molar-refractivity contribution in [3.05, 3.63) is 89.5 Å². The molecule has 0 heterocycles. The molecule has 27 heavy (non-hydrogen) atoms. The number of benzene rings is 3. The van der Waals surface area contributed by atoms with Crippen LogP contribution in [0.2, 0.25) is 0 Å². The predicted molar refractivity (Wildman–Crippen MR) is 106 cm³/mol. The van der Waals surface area contributed by atoms with E-state index < -0.39 is 0 Å². The van der Waals surface area contributed by atoms with Gasteiger partial charge in [0.25, 0.3) is 0 Å². The molecule has 0 unspecified atom stereocenters. The van der Waals surface area contributed by atoms with Gasteiger partial charge in [-0.05, 0) is 29.7 Å². The maximum absolute atomic E-state index is 12.3. The first kappa shape index (κ1) is 18.3. The van der Waals surface area contributed by atoms with E-state index in [1.54, 1.807) is 18.2 Å². The van der Waals surface area contributed by atoms with Gasteiger partial charge >= 0.3 is 6.03 Å². The number of amides is 2. The number of hydrogen-bond donors (Lipinski definition) is 3. The summed E-state index contributed by atoms with van der Waals surface area (Å²) in [5.74, 6) is 0.410. The normalized spacial score (nSPS) is 10.3. The highest BCUT2D eigenvalue weighted by atomic mass is 16.5. The summed E-state index contributed by atoms with van der Waals surface area (Å²) in [5.41, 5.74) is 3.55. The Bertz CT molecular complexity index is 910. The van der Waals surface area contributed by atoms with E-state index in [-0.39, 0.29) is 18.3 Å². The van der Waals surface area contributed by atoms with Crippen molar-refractivity contribution in [1.29, 1.82) is 0 Å². The third kappa shape index (κ3) is 4.79. The Morgan fingerprint density at radius 3 is 2.41 bits per heavy atom. The Balaban J connectivity index is 1.65. The smallest absolute Gasteiger partial charge is 0.319 e. The van der Waals surface area contributed by atoms with Gasteiger partial charge < -0.3 is 20.5 Å². The maximum atomic E-state index is 12.3. The first-order chi connectivity index (χ1) is 13.2. The van der Waals surface area contributed by atoms with Gasteiger partial charge in [0.05, 0.1) is 7.11 Å². The summed E-state index contributed by atoms with van der Waals surface area (Å²) >= 11 is 0. The molecule has 0 saturated carbocycles. The summed E-state index contributed by atoms with van der Waals surface area (Å²) in [6.45, 7) is 0.190. The Labute approximate surface area is 158 Å². The first-order valence-electron chi connectivity index (χ1n) is 8.69. The van der Waals surface area contributed by atoms with E-state index in [4.69, 9.17) is 4.74 Å². The molecule has 0 aromatic heterocycles. The van der Waals surface area contributed by atoms with E-state index in [9.17, 15) is 9.90 Å². The van der Waals surface area contributed by atoms with Crippen LogP contribution in [0.4, 0.5) is 10.5 Å². The van der Waals surface area contributed by atoms with E-state index >= 15 is 0 Å². The maximum Gasteiger partial charge on any atom is 0.319 e. The van der Waals surface area contributed by atoms with Crippen LogP contribution >= 0.6 is 0 Å². The van der Waals surface area contributed by atoms with Gasteiger partial charge in [-0.15, -0.1) is 0 Å². The topological polar surface area (TPSA) is 70.6 Å². The van der Waals surface area contributed by atoms with Crippen LogP contribution in [0.3, 0.4) is 0 Å². The minimum absolute atomic E-state index is 0.0322. The molecule has 0 radical (unpaired) electrons. The first-order valence-corrected chi connectivity index (χ1v) is 8.69. The molecular weight excluding hydrogens is 340 g/mol. The zero-order chi connectivity index (χ0) is 19.1. The van der Waals surface area contributed by atoms with Crippen LogP contribution in [0.25, 0.3) is 0 Å². The Morgan fingerprint density at radius 1 is 0.926 bits per heavy atom. The lowest BCUT2D eigenvalue weighted by Crippen LogP contribution is -2.28. The fourth-order valence-corrected chi connectivity index (χ4v) is 2.83. The van der Waals surface area contributed by atoms with Crippen molar-refractivity contribution in [3.63, 3.8) is 0 Å². The molecule has 0 spiro atoms. The largest absolute Gasteiger partial charge is 0.504 e. The Morgan fingerprint density at radius 2 is 1.63 bits per heavy atom. The second-order valence-electron chi connectivity index (χ2n) is 6.10. The highest BCUT2D eigenvalue weighted by molar-refractivity contribution is 5.90. The van der Waals surface area contributed by atoms with Crippen molar-refractivity contribution in [1.82, 2.24) is 5.32 Å². The zero-order valence-electron chi connectivity index (χ0n) is 15.1. The molecule has 0 aliphatic carbocycles. The van der Waals surface area contributed by atoms with Gasteiger partial charge in [0, 0.05) is 17.8 Å². The van der Waals surface area contributed by atoms with Crippen LogP contribution in [-0.4, -0.2) is 18.2 Å². The molecule has 2 amide bonds. The van der Waals surface area contributed by atoms with Crippen molar-refractivity contribution in [3.8, 4) is 11.5 Å². The van der Waals surface area contributed by atoms with Gasteiger partial charge in [-0.25, -0.2) is 4.79 Å². The van der Waals surface area contributed by atoms with Crippen molar-refractivity contribution < 1.29 is 14.6 Å². The standard InChI is InChI=1S/C22H22N2O3/c1-27-20-13-7-11-18(21(20)25)15-23-22(26)24-19-12-6-5-10-17(19)14-16-8-3-2-4-9-16/h2-13,25H,14-15H2,1H3,(H2,23,24,26). The highest BCUT2D eigenvalue weighted by Crippen LogP contribution is 2.29. The number of ether oxygens (including phenoxy) is 1. The van der Waals surface area contributed by atoms with Crippen molar-refractivity contribution in [2.24, 2.45) is 0 Å². The van der Waals surface area contributed by atoms with Crippen LogP contribution in [0.1, 0.15) is 16.7 Å². The quantitative estimate of drug-likeness (QED) is 0.612. The number of phenols is 1. The van der Waals surface area contributed by atoms with Gasteiger partial charge in [0.15, 0.2) is 11.5 Å². The highest BCUT2D eigenvalue weighted by Gasteiger charge is 2.10. The summed E-state index contributed by atoms with van der Waals surface area (Å²) in [5, 5.41) is 15.8. The average Bonchev–Trinajstić information content (AvgIpc) is 2.69. The molecule has 0 atom stereocenters. The van der Waals surface area contributed by atoms with E-state index in [0.717, 1.165) is 17.7 Å². The third-order valence-electron chi connectivity index (χ3n) is 4.24. The molecule has 3 rings (SSSR count). The fraction of sp³-hybridized carbons (Fsp3) is 0.136. The lowest BCUT2D eigenvalue weighted by Gasteiger charge is -2.13. The summed E-state index contributed by atoms with van der Waals surface area (Å²) in [6.07, 6.45) is 0.730. The van der Waals surface area contributed by atoms with Gasteiger partial charge in [0.1, 0.15) is 0 Å². The number of anilines is 1. The number of nitrogens with one attached hydrogen (secondary N) is 2. The molecule has 3 aromatic carbocycles. The van der Waals surface area contributed by atoms with Gasteiger partial charge in [-0.2, -0.15) is 0 Å². The van der Waals surface area contributed by atoms with E-state index in [1.165, 1.54) is 12.7 Å². The molecule has 5 nitrogen and oxygen atoms in total. The van der Waals surface area contributed by atoms with Crippen LogP contribution in [0.5, 0.6) is 11.5 Å². The van der Waals surface area contributed by atoms with Crippen molar-refractivity contribution in [2.75, 3.05) is 12.4 Å². The van der Waals surface area contributed by atoms with Crippen LogP contribution < -0.4 is 15.4 Å². The summed E-state index contributed by atoms with van der Waals surface area (Å²) in [7, 11) is 1.49. The molecule has 3 N–H and O–H groups in total. The fourth-order valence-electron chi connectivity index (χ4n) is 2.83. The monoisotopic (exact) mass is 362 g/mol. The van der Waals surface area contributed by atoms with E-state index in [2.05, 4.69) is 22.8 Å².